The number of benzene rings is 2. The lowest BCUT2D eigenvalue weighted by molar-refractivity contribution is 0.457. The van der Waals surface area contributed by atoms with Crippen molar-refractivity contribution in [2.24, 2.45) is 0 Å². The standard InChI is InChI=1S/C18H15NO4S/c20-16-14-10-4-6-12-7-5-11-19(15(12)14)18(21)17(16)24(22,23)13-8-2-1-3-9-13/h1-4,6,8-10,20H,5,7,11H2. The Labute approximate surface area is 138 Å². The highest BCUT2D eigenvalue weighted by Crippen LogP contribution is 2.35. The molecule has 0 spiro atoms. The van der Waals surface area contributed by atoms with Crippen molar-refractivity contribution in [1.29, 1.82) is 0 Å². The van der Waals surface area contributed by atoms with E-state index in [4.69, 9.17) is 0 Å². The molecule has 4 rings (SSSR count). The Kier molecular flexibility index (Phi) is 3.25. The molecule has 1 aliphatic heterocycles. The molecular formula is C18H15NO4S. The van der Waals surface area contributed by atoms with E-state index < -0.39 is 26.0 Å². The fraction of sp³-hybridized carbons (Fsp3) is 0.167. The molecule has 122 valence electrons. The third kappa shape index (κ3) is 1.99. The minimum absolute atomic E-state index is 0.00323. The molecule has 3 aromatic rings. The van der Waals surface area contributed by atoms with Crippen LogP contribution in [0, 0.1) is 0 Å². The maximum atomic E-state index is 12.9. The molecule has 0 radical (unpaired) electrons. The number of para-hydroxylation sites is 1. The van der Waals surface area contributed by atoms with E-state index >= 15 is 0 Å². The molecule has 6 heteroatoms. The van der Waals surface area contributed by atoms with Crippen molar-refractivity contribution >= 4 is 20.7 Å². The van der Waals surface area contributed by atoms with E-state index in [2.05, 4.69) is 0 Å². The van der Waals surface area contributed by atoms with Crippen molar-refractivity contribution in [2.45, 2.75) is 29.2 Å². The van der Waals surface area contributed by atoms with Crippen LogP contribution in [0.4, 0.5) is 0 Å². The topological polar surface area (TPSA) is 76.4 Å². The number of aryl methyl sites for hydroxylation is 2. The summed E-state index contributed by atoms with van der Waals surface area (Å²) in [6.45, 7) is 0.448. The Hall–Kier alpha value is -2.60. The third-order valence-corrected chi connectivity index (χ3v) is 6.25. The first-order valence-corrected chi connectivity index (χ1v) is 9.17. The van der Waals surface area contributed by atoms with Gasteiger partial charge >= 0.3 is 0 Å². The number of aromatic nitrogens is 1. The number of nitrogens with zero attached hydrogens (tertiary/aromatic N) is 1. The van der Waals surface area contributed by atoms with Gasteiger partial charge in [0.2, 0.25) is 9.84 Å². The molecule has 2 heterocycles. The molecule has 1 N–H and O–H groups in total. The van der Waals surface area contributed by atoms with Gasteiger partial charge in [0.05, 0.1) is 10.4 Å². The molecule has 1 aliphatic rings. The van der Waals surface area contributed by atoms with Crippen molar-refractivity contribution in [3.63, 3.8) is 0 Å². The van der Waals surface area contributed by atoms with Crippen LogP contribution < -0.4 is 5.56 Å². The number of aromatic hydroxyl groups is 1. The van der Waals surface area contributed by atoms with Gasteiger partial charge in [-0.2, -0.15) is 0 Å². The summed E-state index contributed by atoms with van der Waals surface area (Å²) in [5.74, 6) is -0.459. The van der Waals surface area contributed by atoms with Crippen LogP contribution >= 0.6 is 0 Å². The Bertz CT molecular complexity index is 1120. The number of rotatable bonds is 2. The zero-order valence-corrected chi connectivity index (χ0v) is 13.6. The van der Waals surface area contributed by atoms with Crippen LogP contribution in [0.3, 0.4) is 0 Å². The lowest BCUT2D eigenvalue weighted by Gasteiger charge is -2.21. The zero-order chi connectivity index (χ0) is 16.9. The molecule has 0 atom stereocenters. The van der Waals surface area contributed by atoms with Gasteiger partial charge in [0.15, 0.2) is 4.90 Å². The Morgan fingerprint density at radius 2 is 1.75 bits per heavy atom. The van der Waals surface area contributed by atoms with Crippen molar-refractivity contribution in [3.8, 4) is 5.75 Å². The van der Waals surface area contributed by atoms with Crippen molar-refractivity contribution in [3.05, 3.63) is 64.4 Å². The smallest absolute Gasteiger partial charge is 0.274 e. The second-order valence-corrected chi connectivity index (χ2v) is 7.75. The second kappa shape index (κ2) is 5.21. The Morgan fingerprint density at radius 1 is 1.00 bits per heavy atom. The van der Waals surface area contributed by atoms with Crippen LogP contribution in [-0.4, -0.2) is 18.1 Å². The van der Waals surface area contributed by atoms with Crippen LogP contribution in [-0.2, 0) is 22.8 Å². The molecule has 5 nitrogen and oxygen atoms in total. The van der Waals surface area contributed by atoms with Crippen LogP contribution in [0.15, 0.2) is 63.1 Å². The van der Waals surface area contributed by atoms with Gasteiger partial charge in [0.1, 0.15) is 5.75 Å². The van der Waals surface area contributed by atoms with E-state index in [9.17, 15) is 18.3 Å². The SMILES string of the molecule is O=c1c(S(=O)(=O)c2ccccc2)c(O)c2cccc3c2n1CCC3. The average molecular weight is 341 g/mol. The first-order chi connectivity index (χ1) is 11.5. The molecule has 0 saturated carbocycles. The van der Waals surface area contributed by atoms with Gasteiger partial charge in [-0.3, -0.25) is 4.79 Å². The first kappa shape index (κ1) is 15.0. The fourth-order valence-electron chi connectivity index (χ4n) is 3.35. The molecule has 1 aromatic heterocycles. The monoisotopic (exact) mass is 341 g/mol. The second-order valence-electron chi connectivity index (χ2n) is 5.87. The molecule has 0 aliphatic carbocycles. The van der Waals surface area contributed by atoms with Crippen LogP contribution in [0.5, 0.6) is 5.75 Å². The van der Waals surface area contributed by atoms with Gasteiger partial charge in [0.25, 0.3) is 5.56 Å². The zero-order valence-electron chi connectivity index (χ0n) is 12.8. The molecule has 0 unspecified atom stereocenters. The highest BCUT2D eigenvalue weighted by molar-refractivity contribution is 7.91. The normalized spacial score (nSPS) is 14.0. The Morgan fingerprint density at radius 3 is 2.50 bits per heavy atom. The lowest BCUT2D eigenvalue weighted by atomic mass is 10.0. The summed E-state index contributed by atoms with van der Waals surface area (Å²) in [5.41, 5.74) is 0.934. The van der Waals surface area contributed by atoms with Crippen LogP contribution in [0.1, 0.15) is 12.0 Å². The van der Waals surface area contributed by atoms with Crippen molar-refractivity contribution in [1.82, 2.24) is 4.57 Å². The maximum absolute atomic E-state index is 12.9. The van der Waals surface area contributed by atoms with Gasteiger partial charge in [0, 0.05) is 11.9 Å². The first-order valence-electron chi connectivity index (χ1n) is 7.69. The molecular weight excluding hydrogens is 326 g/mol. The summed E-state index contributed by atoms with van der Waals surface area (Å²) in [6.07, 6.45) is 1.57. The van der Waals surface area contributed by atoms with Crippen LogP contribution in [0.2, 0.25) is 0 Å². The predicted octanol–water partition coefficient (Wildman–Crippen LogP) is 2.49. The molecule has 0 fully saturated rings. The summed E-state index contributed by atoms with van der Waals surface area (Å²) >= 11 is 0. The van der Waals surface area contributed by atoms with E-state index in [0.29, 0.717) is 17.4 Å². The summed E-state index contributed by atoms with van der Waals surface area (Å²) in [7, 11) is -4.10. The summed E-state index contributed by atoms with van der Waals surface area (Å²) in [6, 6.07) is 13.0. The quantitative estimate of drug-likeness (QED) is 0.777. The van der Waals surface area contributed by atoms with E-state index in [0.717, 1.165) is 18.4 Å². The number of hydrogen-bond acceptors (Lipinski definition) is 4. The van der Waals surface area contributed by atoms with Crippen molar-refractivity contribution in [2.75, 3.05) is 0 Å². The molecule has 0 bridgehead atoms. The van der Waals surface area contributed by atoms with E-state index in [1.165, 1.54) is 16.7 Å². The predicted molar refractivity (Wildman–Crippen MR) is 90.1 cm³/mol. The van der Waals surface area contributed by atoms with Crippen LogP contribution in [0.25, 0.3) is 10.9 Å². The maximum Gasteiger partial charge on any atom is 0.274 e. The summed E-state index contributed by atoms with van der Waals surface area (Å²) < 4.78 is 27.3. The molecule has 0 saturated heterocycles. The number of pyridine rings is 1. The summed E-state index contributed by atoms with van der Waals surface area (Å²) in [5, 5.41) is 11.0. The fourth-order valence-corrected chi connectivity index (χ4v) is 4.81. The lowest BCUT2D eigenvalue weighted by Crippen LogP contribution is -2.29. The summed E-state index contributed by atoms with van der Waals surface area (Å²) in [4.78, 5) is 12.3. The van der Waals surface area contributed by atoms with E-state index in [1.807, 2.05) is 6.07 Å². The molecule has 2 aromatic carbocycles. The van der Waals surface area contributed by atoms with E-state index in [-0.39, 0.29) is 4.90 Å². The highest BCUT2D eigenvalue weighted by atomic mass is 32.2. The minimum Gasteiger partial charge on any atom is -0.506 e. The molecule has 24 heavy (non-hydrogen) atoms. The number of hydrogen-bond donors (Lipinski definition) is 1. The highest BCUT2D eigenvalue weighted by Gasteiger charge is 2.30. The average Bonchev–Trinajstić information content (AvgIpc) is 2.60. The van der Waals surface area contributed by atoms with Gasteiger partial charge in [-0.25, -0.2) is 8.42 Å². The largest absolute Gasteiger partial charge is 0.506 e. The molecule has 0 amide bonds. The third-order valence-electron chi connectivity index (χ3n) is 4.45. The Balaban J connectivity index is 2.14. The van der Waals surface area contributed by atoms with Crippen molar-refractivity contribution < 1.29 is 13.5 Å². The van der Waals surface area contributed by atoms with Gasteiger partial charge in [-0.05, 0) is 36.6 Å². The number of sulfone groups is 1. The minimum atomic E-state index is -4.10. The van der Waals surface area contributed by atoms with E-state index in [1.54, 1.807) is 30.3 Å². The van der Waals surface area contributed by atoms with Gasteiger partial charge in [-0.1, -0.05) is 30.3 Å². The van der Waals surface area contributed by atoms with Gasteiger partial charge in [-0.15, -0.1) is 0 Å². The van der Waals surface area contributed by atoms with Gasteiger partial charge < -0.3 is 9.67 Å².